The Labute approximate surface area is 97.0 Å². The summed E-state index contributed by atoms with van der Waals surface area (Å²) >= 11 is 0. The van der Waals surface area contributed by atoms with E-state index in [4.69, 9.17) is 4.74 Å². The second kappa shape index (κ2) is 6.16. The van der Waals surface area contributed by atoms with Crippen LogP contribution in [0.2, 0.25) is 0 Å². The van der Waals surface area contributed by atoms with Crippen molar-refractivity contribution in [3.63, 3.8) is 0 Å². The van der Waals surface area contributed by atoms with Gasteiger partial charge in [-0.3, -0.25) is 4.79 Å². The van der Waals surface area contributed by atoms with Gasteiger partial charge in [0.05, 0.1) is 0 Å². The summed E-state index contributed by atoms with van der Waals surface area (Å²) in [5.41, 5.74) is 1.05. The van der Waals surface area contributed by atoms with E-state index in [1.54, 1.807) is 6.92 Å². The maximum absolute atomic E-state index is 11.3. The van der Waals surface area contributed by atoms with E-state index in [0.717, 1.165) is 12.1 Å². The number of hydrogen-bond donors (Lipinski definition) is 0. The fourth-order valence-corrected chi connectivity index (χ4v) is 1.50. The minimum Gasteiger partial charge on any atom is -0.442 e. The van der Waals surface area contributed by atoms with Gasteiger partial charge in [-0.2, -0.15) is 0 Å². The molecule has 0 saturated carbocycles. The average Bonchev–Trinajstić information content (AvgIpc) is 2.35. The number of benzene rings is 1. The van der Waals surface area contributed by atoms with Crippen LogP contribution in [0.5, 0.6) is 0 Å². The van der Waals surface area contributed by atoms with Crippen molar-refractivity contribution in [3.05, 3.63) is 30.3 Å². The predicted molar refractivity (Wildman–Crippen MR) is 65.3 cm³/mol. The molecule has 0 bridgehead atoms. The molecule has 0 fully saturated rings. The van der Waals surface area contributed by atoms with Crippen LogP contribution in [0, 0.1) is 0 Å². The third-order valence-corrected chi connectivity index (χ3v) is 2.50. The molecule has 0 aromatic heterocycles. The van der Waals surface area contributed by atoms with E-state index in [0.29, 0.717) is 6.42 Å². The summed E-state index contributed by atoms with van der Waals surface area (Å²) in [6.45, 7) is 3.81. The van der Waals surface area contributed by atoms with Crippen LogP contribution in [0.15, 0.2) is 30.3 Å². The Balaban J connectivity index is 2.70. The van der Waals surface area contributed by atoms with Crippen molar-refractivity contribution in [2.75, 3.05) is 11.9 Å². The van der Waals surface area contributed by atoms with Gasteiger partial charge < -0.3 is 9.64 Å². The van der Waals surface area contributed by atoms with Gasteiger partial charge in [-0.25, -0.2) is 0 Å². The van der Waals surface area contributed by atoms with Gasteiger partial charge in [0, 0.05) is 25.6 Å². The number of nitrogens with zero attached hydrogens (tertiary/aromatic N) is 1. The van der Waals surface area contributed by atoms with Gasteiger partial charge in [0.1, 0.15) is 0 Å². The van der Waals surface area contributed by atoms with Crippen molar-refractivity contribution in [1.82, 2.24) is 0 Å². The van der Waals surface area contributed by atoms with Gasteiger partial charge in [-0.15, -0.1) is 0 Å². The Kier molecular flexibility index (Phi) is 4.83. The first-order valence-corrected chi connectivity index (χ1v) is 5.66. The molecule has 0 spiro atoms. The minimum atomic E-state index is -0.185. The molecule has 0 N–H and O–H groups in total. The highest BCUT2D eigenvalue weighted by atomic mass is 16.6. The lowest BCUT2D eigenvalue weighted by Crippen LogP contribution is -2.35. The molecule has 1 unspecified atom stereocenters. The van der Waals surface area contributed by atoms with Crippen molar-refractivity contribution in [3.8, 4) is 0 Å². The molecule has 16 heavy (non-hydrogen) atoms. The van der Waals surface area contributed by atoms with E-state index < -0.39 is 0 Å². The number of carbonyl (C=O) groups excluding carboxylic acids is 1. The Morgan fingerprint density at radius 2 is 1.94 bits per heavy atom. The van der Waals surface area contributed by atoms with Crippen molar-refractivity contribution in [1.29, 1.82) is 0 Å². The van der Waals surface area contributed by atoms with Crippen molar-refractivity contribution in [2.24, 2.45) is 0 Å². The summed E-state index contributed by atoms with van der Waals surface area (Å²) in [6.07, 6.45) is 1.01. The van der Waals surface area contributed by atoms with E-state index in [1.807, 2.05) is 49.2 Å². The van der Waals surface area contributed by atoms with Crippen molar-refractivity contribution in [2.45, 2.75) is 32.9 Å². The fourth-order valence-electron chi connectivity index (χ4n) is 1.50. The van der Waals surface area contributed by atoms with Crippen LogP contribution in [0.1, 0.15) is 26.7 Å². The molecule has 0 radical (unpaired) electrons. The molecule has 1 aromatic rings. The molecule has 88 valence electrons. The largest absolute Gasteiger partial charge is 0.442 e. The number of carbonyl (C=O) groups is 1. The molecular weight excluding hydrogens is 202 g/mol. The maximum atomic E-state index is 11.3. The first-order valence-electron chi connectivity index (χ1n) is 5.66. The zero-order chi connectivity index (χ0) is 12.0. The number of anilines is 1. The molecule has 0 amide bonds. The quantitative estimate of drug-likeness (QED) is 0.565. The van der Waals surface area contributed by atoms with Crippen molar-refractivity contribution >= 4 is 11.7 Å². The van der Waals surface area contributed by atoms with Gasteiger partial charge in [-0.1, -0.05) is 32.0 Å². The summed E-state index contributed by atoms with van der Waals surface area (Å²) in [4.78, 5) is 13.2. The number of rotatable bonds is 5. The monoisotopic (exact) mass is 221 g/mol. The van der Waals surface area contributed by atoms with Crippen LogP contribution in [0.4, 0.5) is 5.69 Å². The lowest BCUT2D eigenvalue weighted by molar-refractivity contribution is -0.148. The average molecular weight is 221 g/mol. The third kappa shape index (κ3) is 3.26. The highest BCUT2D eigenvalue weighted by molar-refractivity contribution is 5.69. The van der Waals surface area contributed by atoms with Gasteiger partial charge in [0.25, 0.3) is 0 Å². The normalized spacial score (nSPS) is 11.9. The van der Waals surface area contributed by atoms with Gasteiger partial charge in [0.15, 0.2) is 6.23 Å². The zero-order valence-electron chi connectivity index (χ0n) is 10.1. The van der Waals surface area contributed by atoms with Crippen LogP contribution in [0.25, 0.3) is 0 Å². The molecule has 0 aliphatic heterocycles. The van der Waals surface area contributed by atoms with E-state index in [-0.39, 0.29) is 12.2 Å². The summed E-state index contributed by atoms with van der Waals surface area (Å²) in [5.74, 6) is -0.158. The highest BCUT2D eigenvalue weighted by Gasteiger charge is 2.16. The van der Waals surface area contributed by atoms with E-state index in [2.05, 4.69) is 0 Å². The molecular formula is C13H19NO2. The molecule has 0 saturated heterocycles. The van der Waals surface area contributed by atoms with Crippen molar-refractivity contribution < 1.29 is 9.53 Å². The SMILES string of the molecule is CCC(=O)OC(CC)N(C)c1ccccc1. The highest BCUT2D eigenvalue weighted by Crippen LogP contribution is 2.17. The van der Waals surface area contributed by atoms with E-state index in [1.165, 1.54) is 0 Å². The predicted octanol–water partition coefficient (Wildman–Crippen LogP) is 2.81. The molecule has 3 nitrogen and oxygen atoms in total. The Hall–Kier alpha value is -1.51. The standard InChI is InChI=1S/C13H19NO2/c1-4-12(16-13(15)5-2)14(3)11-9-7-6-8-10-11/h6-10,12H,4-5H2,1-3H3. The van der Waals surface area contributed by atoms with Crippen LogP contribution in [-0.2, 0) is 9.53 Å². The molecule has 1 rings (SSSR count). The molecule has 0 heterocycles. The molecule has 0 aliphatic rings. The lowest BCUT2D eigenvalue weighted by atomic mass is 10.2. The molecule has 0 aliphatic carbocycles. The van der Waals surface area contributed by atoms with Crippen LogP contribution >= 0.6 is 0 Å². The van der Waals surface area contributed by atoms with Crippen LogP contribution in [0.3, 0.4) is 0 Å². The summed E-state index contributed by atoms with van der Waals surface area (Å²) in [5, 5.41) is 0. The van der Waals surface area contributed by atoms with Gasteiger partial charge >= 0.3 is 5.97 Å². The molecule has 1 aromatic carbocycles. The Morgan fingerprint density at radius 3 is 2.44 bits per heavy atom. The summed E-state index contributed by atoms with van der Waals surface area (Å²) in [6, 6.07) is 9.92. The molecule has 3 heteroatoms. The molecule has 1 atom stereocenters. The number of ether oxygens (including phenoxy) is 1. The minimum absolute atomic E-state index is 0.158. The number of hydrogen-bond acceptors (Lipinski definition) is 3. The maximum Gasteiger partial charge on any atom is 0.307 e. The topological polar surface area (TPSA) is 29.5 Å². The summed E-state index contributed by atoms with van der Waals surface area (Å²) < 4.78 is 5.35. The lowest BCUT2D eigenvalue weighted by Gasteiger charge is -2.28. The van der Waals surface area contributed by atoms with E-state index in [9.17, 15) is 4.79 Å². The first-order chi connectivity index (χ1) is 7.69. The van der Waals surface area contributed by atoms with Gasteiger partial charge in [-0.05, 0) is 12.1 Å². The Morgan fingerprint density at radius 1 is 1.31 bits per heavy atom. The van der Waals surface area contributed by atoms with E-state index >= 15 is 0 Å². The van der Waals surface area contributed by atoms with Crippen LogP contribution < -0.4 is 4.90 Å². The van der Waals surface area contributed by atoms with Gasteiger partial charge in [0.2, 0.25) is 0 Å². The third-order valence-electron chi connectivity index (χ3n) is 2.50. The number of para-hydroxylation sites is 1. The van der Waals surface area contributed by atoms with Crippen LogP contribution in [-0.4, -0.2) is 19.2 Å². The fraction of sp³-hybridized carbons (Fsp3) is 0.462. The zero-order valence-corrected chi connectivity index (χ0v) is 10.1. The smallest absolute Gasteiger partial charge is 0.307 e. The Bertz CT molecular complexity index is 324. The first kappa shape index (κ1) is 12.6. The second-order valence-corrected chi connectivity index (χ2v) is 3.65. The number of esters is 1. The second-order valence-electron chi connectivity index (χ2n) is 3.65. The summed E-state index contributed by atoms with van der Waals surface area (Å²) in [7, 11) is 1.94.